The van der Waals surface area contributed by atoms with Crippen molar-refractivity contribution in [2.45, 2.75) is 38.9 Å². The van der Waals surface area contributed by atoms with Gasteiger partial charge in [-0.3, -0.25) is 19.5 Å². The Labute approximate surface area is 190 Å². The molecule has 8 nitrogen and oxygen atoms in total. The second kappa shape index (κ2) is 8.22. The van der Waals surface area contributed by atoms with Gasteiger partial charge in [-0.25, -0.2) is 9.37 Å². The van der Waals surface area contributed by atoms with Crippen molar-refractivity contribution in [1.82, 2.24) is 25.2 Å². The van der Waals surface area contributed by atoms with Crippen molar-refractivity contribution >= 4 is 22.6 Å². The lowest BCUT2D eigenvalue weighted by Crippen LogP contribution is -2.46. The van der Waals surface area contributed by atoms with E-state index in [2.05, 4.69) is 37.0 Å². The van der Waals surface area contributed by atoms with Crippen LogP contribution in [-0.4, -0.2) is 58.0 Å². The molecule has 2 N–H and O–H groups in total. The number of carbonyl (C=O) groups excluding carboxylic acids is 1. The number of anilines is 1. The Balaban J connectivity index is 1.34. The SMILES string of the molecule is CCc1cc2ncc(CN3CCN(c4ccc(C(=O)NC)nc4)[C@H]4[C@@H](C)[C@H]43)c(F)c2[nH]c1=O. The normalized spacial score (nSPS) is 22.3. The molecule has 0 aromatic carbocycles. The monoisotopic (exact) mass is 450 g/mol. The number of aryl methyl sites for hydroxylation is 1. The largest absolute Gasteiger partial charge is 0.364 e. The van der Waals surface area contributed by atoms with Gasteiger partial charge >= 0.3 is 0 Å². The van der Waals surface area contributed by atoms with Gasteiger partial charge in [-0.05, 0) is 30.5 Å². The van der Waals surface area contributed by atoms with Gasteiger partial charge in [0.2, 0.25) is 0 Å². The van der Waals surface area contributed by atoms with E-state index in [1.165, 1.54) is 0 Å². The minimum atomic E-state index is -0.402. The fraction of sp³-hybridized carbons (Fsp3) is 0.417. The van der Waals surface area contributed by atoms with Crippen LogP contribution in [0.5, 0.6) is 0 Å². The van der Waals surface area contributed by atoms with Crippen LogP contribution in [0.4, 0.5) is 10.1 Å². The lowest BCUT2D eigenvalue weighted by Gasteiger charge is -2.35. The summed E-state index contributed by atoms with van der Waals surface area (Å²) in [5.74, 6) is -0.183. The van der Waals surface area contributed by atoms with Crippen molar-refractivity contribution in [2.24, 2.45) is 5.92 Å². The molecule has 0 spiro atoms. The van der Waals surface area contributed by atoms with Crippen LogP contribution in [0.1, 0.15) is 35.5 Å². The number of aromatic amines is 1. The van der Waals surface area contributed by atoms with Crippen molar-refractivity contribution in [3.05, 3.63) is 63.6 Å². The van der Waals surface area contributed by atoms with Gasteiger partial charge in [0.05, 0.1) is 17.4 Å². The number of rotatable bonds is 5. The smallest absolute Gasteiger partial charge is 0.269 e. The van der Waals surface area contributed by atoms with Gasteiger partial charge in [0, 0.05) is 56.1 Å². The second-order valence-electron chi connectivity index (χ2n) is 8.82. The molecular formula is C24H27FN6O2. The van der Waals surface area contributed by atoms with Crippen molar-refractivity contribution < 1.29 is 9.18 Å². The fourth-order valence-electron chi connectivity index (χ4n) is 5.06. The van der Waals surface area contributed by atoms with Gasteiger partial charge in [0.25, 0.3) is 11.5 Å². The van der Waals surface area contributed by atoms with Crippen LogP contribution >= 0.6 is 0 Å². The lowest BCUT2D eigenvalue weighted by molar-refractivity contribution is 0.0958. The number of halogens is 1. The Morgan fingerprint density at radius 3 is 2.73 bits per heavy atom. The molecule has 1 saturated heterocycles. The van der Waals surface area contributed by atoms with Crippen LogP contribution in [-0.2, 0) is 13.0 Å². The molecule has 1 aliphatic carbocycles. The number of piperazine rings is 1. The zero-order valence-electron chi connectivity index (χ0n) is 18.9. The summed E-state index contributed by atoms with van der Waals surface area (Å²) in [7, 11) is 1.58. The van der Waals surface area contributed by atoms with E-state index >= 15 is 4.39 Å². The zero-order chi connectivity index (χ0) is 23.3. The van der Waals surface area contributed by atoms with Crippen molar-refractivity contribution in [2.75, 3.05) is 25.0 Å². The van der Waals surface area contributed by atoms with Crippen LogP contribution in [0.3, 0.4) is 0 Å². The predicted octanol–water partition coefficient (Wildman–Crippen LogP) is 2.09. The summed E-state index contributed by atoms with van der Waals surface area (Å²) < 4.78 is 15.3. The fourth-order valence-corrected chi connectivity index (χ4v) is 5.06. The number of hydrogen-bond donors (Lipinski definition) is 2. The molecule has 3 atom stereocenters. The first-order valence-electron chi connectivity index (χ1n) is 11.3. The van der Waals surface area contributed by atoms with Crippen LogP contribution < -0.4 is 15.8 Å². The average Bonchev–Trinajstić information content (AvgIpc) is 3.52. The number of nitrogens with zero attached hydrogens (tertiary/aromatic N) is 4. The Morgan fingerprint density at radius 1 is 1.21 bits per heavy atom. The summed E-state index contributed by atoms with van der Waals surface area (Å²) in [4.78, 5) is 39.9. The molecule has 33 heavy (non-hydrogen) atoms. The molecule has 3 aromatic heterocycles. The molecule has 1 saturated carbocycles. The molecule has 3 aromatic rings. The Hall–Kier alpha value is -3.33. The first-order valence-corrected chi connectivity index (χ1v) is 11.3. The highest BCUT2D eigenvalue weighted by Crippen LogP contribution is 2.45. The molecule has 0 radical (unpaired) electrons. The maximum absolute atomic E-state index is 15.3. The number of pyridine rings is 3. The van der Waals surface area contributed by atoms with E-state index in [-0.39, 0.29) is 17.0 Å². The molecule has 1 aliphatic heterocycles. The Kier molecular flexibility index (Phi) is 5.36. The standard InChI is InChI=1S/C24H27FN6O2/c1-4-14-9-18-20(29-23(14)32)19(25)15(10-27-18)12-30-7-8-31(22-13(2)21(22)30)16-5-6-17(28-11-16)24(33)26-3/h5-6,9-11,13,21-22H,4,7-8,12H2,1-3H3,(H,26,33)(H,29,32)/t13-,21+,22-/m0/s1. The summed E-state index contributed by atoms with van der Waals surface area (Å²) in [5, 5.41) is 2.58. The number of hydrogen-bond acceptors (Lipinski definition) is 6. The first-order chi connectivity index (χ1) is 15.9. The Bertz CT molecular complexity index is 1270. The number of aromatic nitrogens is 3. The molecule has 172 valence electrons. The number of carbonyl (C=O) groups is 1. The number of amides is 1. The van der Waals surface area contributed by atoms with E-state index in [0.717, 1.165) is 18.8 Å². The van der Waals surface area contributed by atoms with Gasteiger partial charge in [-0.15, -0.1) is 0 Å². The summed E-state index contributed by atoms with van der Waals surface area (Å²) in [5.41, 5.74) is 2.87. The topological polar surface area (TPSA) is 94.2 Å². The third-order valence-electron chi connectivity index (χ3n) is 6.95. The predicted molar refractivity (Wildman–Crippen MR) is 124 cm³/mol. The van der Waals surface area contributed by atoms with Gasteiger partial charge in [0.15, 0.2) is 5.82 Å². The van der Waals surface area contributed by atoms with E-state index in [0.29, 0.717) is 53.3 Å². The van der Waals surface area contributed by atoms with Crippen LogP contribution in [0.25, 0.3) is 11.0 Å². The maximum atomic E-state index is 15.3. The molecule has 2 aliphatic rings. The van der Waals surface area contributed by atoms with E-state index in [4.69, 9.17) is 0 Å². The average molecular weight is 451 g/mol. The van der Waals surface area contributed by atoms with Crippen molar-refractivity contribution in [3.63, 3.8) is 0 Å². The molecule has 2 fully saturated rings. The quantitative estimate of drug-likeness (QED) is 0.618. The van der Waals surface area contributed by atoms with Gasteiger partial charge in [-0.1, -0.05) is 13.8 Å². The third kappa shape index (κ3) is 3.66. The highest BCUT2D eigenvalue weighted by molar-refractivity contribution is 5.92. The molecular weight excluding hydrogens is 423 g/mol. The highest BCUT2D eigenvalue weighted by Gasteiger charge is 2.56. The van der Waals surface area contributed by atoms with Crippen LogP contribution in [0, 0.1) is 11.7 Å². The Morgan fingerprint density at radius 2 is 2.03 bits per heavy atom. The summed E-state index contributed by atoms with van der Waals surface area (Å²) in [6, 6.07) is 5.96. The minimum Gasteiger partial charge on any atom is -0.364 e. The third-order valence-corrected chi connectivity index (χ3v) is 6.95. The van der Waals surface area contributed by atoms with E-state index in [1.54, 1.807) is 31.6 Å². The summed E-state index contributed by atoms with van der Waals surface area (Å²) in [6.45, 7) is 6.09. The van der Waals surface area contributed by atoms with Crippen LogP contribution in [0.15, 0.2) is 35.4 Å². The summed E-state index contributed by atoms with van der Waals surface area (Å²) in [6.07, 6.45) is 3.91. The van der Waals surface area contributed by atoms with E-state index in [1.807, 2.05) is 13.0 Å². The zero-order valence-corrected chi connectivity index (χ0v) is 18.9. The molecule has 9 heteroatoms. The molecule has 4 heterocycles. The van der Waals surface area contributed by atoms with E-state index in [9.17, 15) is 9.59 Å². The minimum absolute atomic E-state index is 0.177. The number of nitrogens with one attached hydrogen (secondary N) is 2. The van der Waals surface area contributed by atoms with Crippen molar-refractivity contribution in [1.29, 1.82) is 0 Å². The highest BCUT2D eigenvalue weighted by atomic mass is 19.1. The van der Waals surface area contributed by atoms with Gasteiger partial charge < -0.3 is 15.2 Å². The van der Waals surface area contributed by atoms with Gasteiger partial charge in [-0.2, -0.15) is 0 Å². The lowest BCUT2D eigenvalue weighted by atomic mass is 10.1. The van der Waals surface area contributed by atoms with Crippen molar-refractivity contribution in [3.8, 4) is 0 Å². The molecule has 5 rings (SSSR count). The molecule has 0 unspecified atom stereocenters. The summed E-state index contributed by atoms with van der Waals surface area (Å²) >= 11 is 0. The molecule has 1 amide bonds. The van der Waals surface area contributed by atoms with E-state index < -0.39 is 5.82 Å². The van der Waals surface area contributed by atoms with Gasteiger partial charge in [0.1, 0.15) is 11.2 Å². The maximum Gasteiger partial charge on any atom is 0.269 e. The number of fused-ring (bicyclic) bond motifs is 2. The second-order valence-corrected chi connectivity index (χ2v) is 8.82. The first kappa shape index (κ1) is 21.5. The molecule has 0 bridgehead atoms. The number of H-pyrrole nitrogens is 1. The van der Waals surface area contributed by atoms with Crippen LogP contribution in [0.2, 0.25) is 0 Å².